The van der Waals surface area contributed by atoms with Gasteiger partial charge in [0.2, 0.25) is 5.89 Å². The molecule has 1 aromatic heterocycles. The number of rotatable bonds is 6. The molecule has 31 heavy (non-hydrogen) atoms. The van der Waals surface area contributed by atoms with Crippen molar-refractivity contribution in [2.24, 2.45) is 0 Å². The largest absolute Gasteiger partial charge is 0.478 e. The van der Waals surface area contributed by atoms with Crippen LogP contribution in [0.3, 0.4) is 0 Å². The summed E-state index contributed by atoms with van der Waals surface area (Å²) in [6.07, 6.45) is 3.72. The molecule has 0 bridgehead atoms. The first-order chi connectivity index (χ1) is 14.8. The summed E-state index contributed by atoms with van der Waals surface area (Å²) in [7, 11) is 0. The van der Waals surface area contributed by atoms with Gasteiger partial charge < -0.3 is 14.1 Å². The molecule has 1 aliphatic heterocycles. The fourth-order valence-electron chi connectivity index (χ4n) is 3.82. The van der Waals surface area contributed by atoms with Crippen LogP contribution in [0.2, 0.25) is 0 Å². The zero-order valence-electron chi connectivity index (χ0n) is 17.5. The molecule has 1 amide bonds. The van der Waals surface area contributed by atoms with Crippen molar-refractivity contribution in [2.75, 3.05) is 6.54 Å². The van der Waals surface area contributed by atoms with E-state index in [1.54, 1.807) is 37.1 Å². The summed E-state index contributed by atoms with van der Waals surface area (Å²) in [5, 5.41) is 0. The van der Waals surface area contributed by atoms with Crippen LogP contribution in [-0.2, 0) is 11.2 Å². The molecule has 0 saturated carbocycles. The van der Waals surface area contributed by atoms with Crippen molar-refractivity contribution >= 4 is 5.91 Å². The summed E-state index contributed by atoms with van der Waals surface area (Å²) in [5.74, 6) is 0.734. The molecule has 5 nitrogen and oxygen atoms in total. The maximum Gasteiger partial charge on any atom is 0.266 e. The van der Waals surface area contributed by atoms with Gasteiger partial charge in [-0.05, 0) is 68.7 Å². The van der Waals surface area contributed by atoms with Crippen LogP contribution >= 0.6 is 0 Å². The van der Waals surface area contributed by atoms with Crippen molar-refractivity contribution < 1.29 is 22.7 Å². The van der Waals surface area contributed by atoms with Gasteiger partial charge in [-0.3, -0.25) is 4.79 Å². The number of benzene rings is 2. The Balaban J connectivity index is 1.47. The lowest BCUT2D eigenvalue weighted by Gasteiger charge is -2.32. The first kappa shape index (κ1) is 21.0. The first-order valence-corrected chi connectivity index (χ1v) is 10.3. The van der Waals surface area contributed by atoms with Gasteiger partial charge >= 0.3 is 0 Å². The minimum Gasteiger partial charge on any atom is -0.478 e. The third-order valence-electron chi connectivity index (χ3n) is 5.36. The summed E-state index contributed by atoms with van der Waals surface area (Å²) < 4.78 is 38.1. The summed E-state index contributed by atoms with van der Waals surface area (Å²) in [6, 6.07) is 11.6. The number of aromatic nitrogens is 1. The van der Waals surface area contributed by atoms with Crippen molar-refractivity contribution in [3.8, 4) is 5.75 Å². The number of oxazole rings is 1. The molecule has 1 atom stereocenters. The molecule has 0 radical (unpaired) electrons. The fraction of sp³-hybridized carbons (Fsp3) is 0.333. The predicted octanol–water partition coefficient (Wildman–Crippen LogP) is 5.06. The molecule has 4 rings (SSSR count). The number of likely N-dealkylation sites (tertiary alicyclic amines) is 1. The monoisotopic (exact) mass is 426 g/mol. The van der Waals surface area contributed by atoms with E-state index < -0.39 is 5.60 Å². The zero-order valence-corrected chi connectivity index (χ0v) is 17.5. The smallest absolute Gasteiger partial charge is 0.266 e. The Hall–Kier alpha value is -3.22. The molecular weight excluding hydrogens is 402 g/mol. The molecule has 7 heteroatoms. The van der Waals surface area contributed by atoms with E-state index in [0.29, 0.717) is 30.4 Å². The second-order valence-electron chi connectivity index (χ2n) is 8.19. The molecule has 2 aromatic carbocycles. The van der Waals surface area contributed by atoms with Crippen molar-refractivity contribution in [3.63, 3.8) is 0 Å². The standard InChI is InChI=1S/C24H24F2N2O3/c1-24(2,31-19-11-9-18(26)10-12-19)23(29)28-13-3-4-21(28)22-27-15-20(30-22)14-16-5-7-17(25)8-6-16/h5-12,15,21H,3-4,13-14H2,1-2H3/t21-/m1/s1. The number of ether oxygens (including phenoxy) is 1. The molecule has 3 aromatic rings. The lowest BCUT2D eigenvalue weighted by Crippen LogP contribution is -2.48. The average Bonchev–Trinajstić information content (AvgIpc) is 3.40. The van der Waals surface area contributed by atoms with Gasteiger partial charge in [-0.25, -0.2) is 13.8 Å². The van der Waals surface area contributed by atoms with Gasteiger partial charge in [-0.15, -0.1) is 0 Å². The SMILES string of the molecule is CC(C)(Oc1ccc(F)cc1)C(=O)N1CCC[C@@H]1c1ncc(Cc2ccc(F)cc2)o1. The average molecular weight is 426 g/mol. The highest BCUT2D eigenvalue weighted by atomic mass is 19.1. The van der Waals surface area contributed by atoms with E-state index in [0.717, 1.165) is 18.4 Å². The third-order valence-corrected chi connectivity index (χ3v) is 5.36. The highest BCUT2D eigenvalue weighted by Crippen LogP contribution is 2.34. The number of carbonyl (C=O) groups is 1. The van der Waals surface area contributed by atoms with Crippen LogP contribution in [-0.4, -0.2) is 27.9 Å². The van der Waals surface area contributed by atoms with Gasteiger partial charge in [0.05, 0.1) is 6.20 Å². The summed E-state index contributed by atoms with van der Waals surface area (Å²) in [6.45, 7) is 3.97. The molecule has 0 spiro atoms. The number of nitrogens with zero attached hydrogens (tertiary/aromatic N) is 2. The normalized spacial score (nSPS) is 16.5. The molecular formula is C24H24F2N2O3. The van der Waals surface area contributed by atoms with Gasteiger partial charge in [0, 0.05) is 13.0 Å². The van der Waals surface area contributed by atoms with Gasteiger partial charge in [0.1, 0.15) is 29.2 Å². The number of halogens is 2. The van der Waals surface area contributed by atoms with Gasteiger partial charge in [0.15, 0.2) is 5.60 Å². The maximum absolute atomic E-state index is 13.3. The van der Waals surface area contributed by atoms with E-state index in [1.807, 2.05) is 0 Å². The second-order valence-corrected chi connectivity index (χ2v) is 8.19. The Bertz CT molecular complexity index is 1050. The van der Waals surface area contributed by atoms with Crippen LogP contribution in [0, 0.1) is 11.6 Å². The van der Waals surface area contributed by atoms with Crippen molar-refractivity contribution in [1.82, 2.24) is 9.88 Å². The molecule has 2 heterocycles. The maximum atomic E-state index is 13.3. The van der Waals surface area contributed by atoms with E-state index in [1.165, 1.54) is 36.4 Å². The van der Waals surface area contributed by atoms with Crippen LogP contribution in [0.4, 0.5) is 8.78 Å². The topological polar surface area (TPSA) is 55.6 Å². The lowest BCUT2D eigenvalue weighted by molar-refractivity contribution is -0.146. The van der Waals surface area contributed by atoms with E-state index in [9.17, 15) is 13.6 Å². The number of hydrogen-bond donors (Lipinski definition) is 0. The van der Waals surface area contributed by atoms with Gasteiger partial charge in [-0.2, -0.15) is 0 Å². The van der Waals surface area contributed by atoms with Gasteiger partial charge in [0.25, 0.3) is 5.91 Å². The first-order valence-electron chi connectivity index (χ1n) is 10.3. The van der Waals surface area contributed by atoms with Crippen LogP contribution in [0.25, 0.3) is 0 Å². The molecule has 1 fully saturated rings. The number of amides is 1. The van der Waals surface area contributed by atoms with Crippen LogP contribution in [0.5, 0.6) is 5.75 Å². The molecule has 162 valence electrons. The molecule has 1 saturated heterocycles. The molecule has 0 unspecified atom stereocenters. The number of hydrogen-bond acceptors (Lipinski definition) is 4. The van der Waals surface area contributed by atoms with Crippen LogP contribution in [0.15, 0.2) is 59.1 Å². The Morgan fingerprint density at radius 2 is 1.77 bits per heavy atom. The Kier molecular flexibility index (Phi) is 5.76. The van der Waals surface area contributed by atoms with Crippen LogP contribution < -0.4 is 4.74 Å². The second kappa shape index (κ2) is 8.49. The molecule has 0 N–H and O–H groups in total. The highest BCUT2D eigenvalue weighted by Gasteiger charge is 2.41. The van der Waals surface area contributed by atoms with Crippen LogP contribution in [0.1, 0.15) is 49.9 Å². The van der Waals surface area contributed by atoms with Crippen molar-refractivity contribution in [3.05, 3.63) is 83.6 Å². The minimum atomic E-state index is -1.13. The Labute approximate surface area is 179 Å². The van der Waals surface area contributed by atoms with Crippen molar-refractivity contribution in [1.29, 1.82) is 0 Å². The fourth-order valence-corrected chi connectivity index (χ4v) is 3.82. The summed E-state index contributed by atoms with van der Waals surface area (Å²) >= 11 is 0. The Morgan fingerprint density at radius 1 is 1.13 bits per heavy atom. The predicted molar refractivity (Wildman–Crippen MR) is 111 cm³/mol. The van der Waals surface area contributed by atoms with E-state index in [2.05, 4.69) is 4.98 Å². The molecule has 0 aliphatic carbocycles. The van der Waals surface area contributed by atoms with E-state index >= 15 is 0 Å². The Morgan fingerprint density at radius 3 is 2.45 bits per heavy atom. The quantitative estimate of drug-likeness (QED) is 0.553. The number of carbonyl (C=O) groups excluding carboxylic acids is 1. The summed E-state index contributed by atoms with van der Waals surface area (Å²) in [4.78, 5) is 19.4. The molecule has 1 aliphatic rings. The lowest BCUT2D eigenvalue weighted by atomic mass is 10.1. The highest BCUT2D eigenvalue weighted by molar-refractivity contribution is 5.85. The summed E-state index contributed by atoms with van der Waals surface area (Å²) in [5.41, 5.74) is -0.221. The minimum absolute atomic E-state index is 0.183. The third kappa shape index (κ3) is 4.76. The zero-order chi connectivity index (χ0) is 22.0. The van der Waals surface area contributed by atoms with Gasteiger partial charge in [-0.1, -0.05) is 12.1 Å². The van der Waals surface area contributed by atoms with E-state index in [-0.39, 0.29) is 23.6 Å². The van der Waals surface area contributed by atoms with Crippen molar-refractivity contribution in [2.45, 2.75) is 44.8 Å². The van der Waals surface area contributed by atoms with E-state index in [4.69, 9.17) is 9.15 Å².